The van der Waals surface area contributed by atoms with Crippen LogP contribution < -0.4 is 0 Å². The SMILES string of the molecule is CC(C)(C)c1ccc(-c2cnc(-c3cccc4ccccc34)o2)cc1. The van der Waals surface area contributed by atoms with Crippen molar-refractivity contribution in [2.24, 2.45) is 0 Å². The van der Waals surface area contributed by atoms with Gasteiger partial charge in [-0.05, 0) is 27.8 Å². The van der Waals surface area contributed by atoms with E-state index in [1.807, 2.05) is 24.4 Å². The molecule has 0 aliphatic rings. The van der Waals surface area contributed by atoms with Crippen LogP contribution in [0.5, 0.6) is 0 Å². The molecule has 124 valence electrons. The zero-order valence-corrected chi connectivity index (χ0v) is 14.8. The van der Waals surface area contributed by atoms with E-state index in [1.165, 1.54) is 10.9 Å². The molecule has 0 aliphatic heterocycles. The number of aromatic nitrogens is 1. The third kappa shape index (κ3) is 2.96. The van der Waals surface area contributed by atoms with Gasteiger partial charge in [0.05, 0.1) is 6.20 Å². The first kappa shape index (κ1) is 15.6. The van der Waals surface area contributed by atoms with Crippen molar-refractivity contribution in [2.75, 3.05) is 0 Å². The predicted molar refractivity (Wildman–Crippen MR) is 104 cm³/mol. The van der Waals surface area contributed by atoms with E-state index >= 15 is 0 Å². The molecule has 0 bridgehead atoms. The van der Waals surface area contributed by atoms with Gasteiger partial charge in [0.15, 0.2) is 5.76 Å². The quantitative estimate of drug-likeness (QED) is 0.422. The second kappa shape index (κ2) is 5.89. The van der Waals surface area contributed by atoms with E-state index in [9.17, 15) is 0 Å². The molecular formula is C23H21NO. The monoisotopic (exact) mass is 327 g/mol. The molecule has 0 saturated heterocycles. The zero-order chi connectivity index (χ0) is 17.4. The normalized spacial score (nSPS) is 11.8. The molecule has 4 rings (SSSR count). The summed E-state index contributed by atoms with van der Waals surface area (Å²) in [4.78, 5) is 4.52. The van der Waals surface area contributed by atoms with Crippen LogP contribution >= 0.6 is 0 Å². The van der Waals surface area contributed by atoms with E-state index in [2.05, 4.69) is 74.3 Å². The molecule has 0 aliphatic carbocycles. The minimum absolute atomic E-state index is 0.147. The molecule has 0 spiro atoms. The summed E-state index contributed by atoms with van der Waals surface area (Å²) in [7, 11) is 0. The summed E-state index contributed by atoms with van der Waals surface area (Å²) in [6.07, 6.45) is 1.81. The highest BCUT2D eigenvalue weighted by molar-refractivity contribution is 5.94. The van der Waals surface area contributed by atoms with Gasteiger partial charge in [0, 0.05) is 11.1 Å². The van der Waals surface area contributed by atoms with Crippen molar-refractivity contribution in [1.29, 1.82) is 0 Å². The lowest BCUT2D eigenvalue weighted by Gasteiger charge is -2.18. The average molecular weight is 327 g/mol. The minimum Gasteiger partial charge on any atom is -0.436 e. The van der Waals surface area contributed by atoms with Crippen molar-refractivity contribution >= 4 is 10.8 Å². The van der Waals surface area contributed by atoms with Crippen molar-refractivity contribution in [1.82, 2.24) is 4.98 Å². The molecule has 0 unspecified atom stereocenters. The summed E-state index contributed by atoms with van der Waals surface area (Å²) >= 11 is 0. The third-order valence-corrected chi connectivity index (χ3v) is 4.56. The van der Waals surface area contributed by atoms with Gasteiger partial charge >= 0.3 is 0 Å². The molecule has 0 radical (unpaired) electrons. The second-order valence-electron chi connectivity index (χ2n) is 7.38. The van der Waals surface area contributed by atoms with Crippen LogP contribution in [0.1, 0.15) is 26.3 Å². The lowest BCUT2D eigenvalue weighted by atomic mass is 9.86. The predicted octanol–water partition coefficient (Wildman–Crippen LogP) is 6.46. The van der Waals surface area contributed by atoms with E-state index in [-0.39, 0.29) is 5.41 Å². The van der Waals surface area contributed by atoms with Crippen LogP contribution in [0.4, 0.5) is 0 Å². The fourth-order valence-corrected chi connectivity index (χ4v) is 3.08. The van der Waals surface area contributed by atoms with Crippen LogP contribution in [0.2, 0.25) is 0 Å². The van der Waals surface area contributed by atoms with Crippen molar-refractivity contribution in [2.45, 2.75) is 26.2 Å². The largest absolute Gasteiger partial charge is 0.436 e. The lowest BCUT2D eigenvalue weighted by Crippen LogP contribution is -2.10. The summed E-state index contributed by atoms with van der Waals surface area (Å²) in [6.45, 7) is 6.65. The zero-order valence-electron chi connectivity index (χ0n) is 14.8. The maximum atomic E-state index is 6.08. The van der Waals surface area contributed by atoms with E-state index in [4.69, 9.17) is 4.42 Å². The standard InChI is InChI=1S/C23H21NO/c1-23(2,3)18-13-11-17(12-14-18)21-15-24-22(25-21)20-10-6-8-16-7-4-5-9-19(16)20/h4-15H,1-3H3. The van der Waals surface area contributed by atoms with Crippen LogP contribution in [-0.2, 0) is 5.41 Å². The summed E-state index contributed by atoms with van der Waals surface area (Å²) in [6, 6.07) is 23.0. The molecule has 0 fully saturated rings. The maximum absolute atomic E-state index is 6.08. The van der Waals surface area contributed by atoms with Gasteiger partial charge in [-0.25, -0.2) is 4.98 Å². The summed E-state index contributed by atoms with van der Waals surface area (Å²) < 4.78 is 6.08. The van der Waals surface area contributed by atoms with E-state index < -0.39 is 0 Å². The topological polar surface area (TPSA) is 26.0 Å². The Balaban J connectivity index is 1.73. The number of rotatable bonds is 2. The average Bonchev–Trinajstić information content (AvgIpc) is 3.10. The first-order valence-electron chi connectivity index (χ1n) is 8.57. The third-order valence-electron chi connectivity index (χ3n) is 4.56. The summed E-state index contributed by atoms with van der Waals surface area (Å²) in [5, 5.41) is 2.34. The molecule has 25 heavy (non-hydrogen) atoms. The smallest absolute Gasteiger partial charge is 0.227 e. The lowest BCUT2D eigenvalue weighted by molar-refractivity contribution is 0.585. The van der Waals surface area contributed by atoms with Crippen LogP contribution in [0.15, 0.2) is 77.3 Å². The Labute approximate surface area is 148 Å². The van der Waals surface area contributed by atoms with Crippen molar-refractivity contribution < 1.29 is 4.42 Å². The Morgan fingerprint density at radius 2 is 1.52 bits per heavy atom. The summed E-state index contributed by atoms with van der Waals surface area (Å²) in [5.74, 6) is 1.45. The van der Waals surface area contributed by atoms with E-state index in [1.54, 1.807) is 0 Å². The number of hydrogen-bond acceptors (Lipinski definition) is 2. The molecule has 0 N–H and O–H groups in total. The number of benzene rings is 3. The highest BCUT2D eigenvalue weighted by Crippen LogP contribution is 2.32. The minimum atomic E-state index is 0.147. The molecule has 2 nitrogen and oxygen atoms in total. The van der Waals surface area contributed by atoms with Crippen molar-refractivity contribution in [3.63, 3.8) is 0 Å². The fourth-order valence-electron chi connectivity index (χ4n) is 3.08. The molecule has 4 aromatic rings. The molecule has 0 saturated carbocycles. The molecule has 0 atom stereocenters. The van der Waals surface area contributed by atoms with E-state index in [0.717, 1.165) is 22.3 Å². The van der Waals surface area contributed by atoms with Gasteiger partial charge in [-0.1, -0.05) is 81.4 Å². The fraction of sp³-hybridized carbons (Fsp3) is 0.174. The molecule has 0 amide bonds. The highest BCUT2D eigenvalue weighted by Gasteiger charge is 2.15. The van der Waals surface area contributed by atoms with Crippen molar-refractivity contribution in [3.8, 4) is 22.8 Å². The maximum Gasteiger partial charge on any atom is 0.227 e. The van der Waals surface area contributed by atoms with Crippen LogP contribution in [0, 0.1) is 0 Å². The van der Waals surface area contributed by atoms with Gasteiger partial charge in [0.1, 0.15) is 0 Å². The van der Waals surface area contributed by atoms with Gasteiger partial charge in [-0.3, -0.25) is 0 Å². The Morgan fingerprint density at radius 1 is 0.800 bits per heavy atom. The Kier molecular flexibility index (Phi) is 3.69. The van der Waals surface area contributed by atoms with Gasteiger partial charge < -0.3 is 4.42 Å². The van der Waals surface area contributed by atoms with Gasteiger partial charge in [-0.15, -0.1) is 0 Å². The Morgan fingerprint density at radius 3 is 2.28 bits per heavy atom. The Hall–Kier alpha value is -2.87. The molecule has 1 aromatic heterocycles. The first-order valence-corrected chi connectivity index (χ1v) is 8.57. The molecule has 1 heterocycles. The van der Waals surface area contributed by atoms with Gasteiger partial charge in [0.25, 0.3) is 0 Å². The van der Waals surface area contributed by atoms with Crippen molar-refractivity contribution in [3.05, 3.63) is 78.5 Å². The van der Waals surface area contributed by atoms with Crippen LogP contribution in [0.25, 0.3) is 33.6 Å². The summed E-state index contributed by atoms with van der Waals surface area (Å²) in [5.41, 5.74) is 3.53. The van der Waals surface area contributed by atoms with Crippen LogP contribution in [0.3, 0.4) is 0 Å². The number of oxazole rings is 1. The number of fused-ring (bicyclic) bond motifs is 1. The molecule has 3 aromatic carbocycles. The molecule has 2 heteroatoms. The Bertz CT molecular complexity index is 1010. The first-order chi connectivity index (χ1) is 12.0. The molecular weight excluding hydrogens is 306 g/mol. The van der Waals surface area contributed by atoms with Crippen LogP contribution in [-0.4, -0.2) is 4.98 Å². The number of hydrogen-bond donors (Lipinski definition) is 0. The second-order valence-corrected chi connectivity index (χ2v) is 7.38. The van der Waals surface area contributed by atoms with Gasteiger partial charge in [-0.2, -0.15) is 0 Å². The van der Waals surface area contributed by atoms with E-state index in [0.29, 0.717) is 5.89 Å². The number of nitrogens with zero attached hydrogens (tertiary/aromatic N) is 1. The highest BCUT2D eigenvalue weighted by atomic mass is 16.4. The van der Waals surface area contributed by atoms with Gasteiger partial charge in [0.2, 0.25) is 5.89 Å².